The molecule has 3 rings (SSSR count). The highest BCUT2D eigenvalue weighted by molar-refractivity contribution is 5.97. The van der Waals surface area contributed by atoms with Crippen LogP contribution in [0.1, 0.15) is 39.5 Å². The monoisotopic (exact) mass is 365 g/mol. The molecule has 1 heterocycles. The summed E-state index contributed by atoms with van der Waals surface area (Å²) in [6.45, 7) is 5.43. The Morgan fingerprint density at radius 1 is 1.20 bits per heavy atom. The minimum atomic E-state index is -0.268. The van der Waals surface area contributed by atoms with Gasteiger partial charge in [0.05, 0.1) is 5.41 Å². The normalized spacial score (nSPS) is 25.0. The first-order chi connectivity index (χ1) is 11.5. The highest BCUT2D eigenvalue weighted by atomic mass is 35.5. The van der Waals surface area contributed by atoms with Gasteiger partial charge in [-0.1, -0.05) is 32.8 Å². The number of anilines is 2. The Hall–Kier alpha value is -1.59. The molecule has 0 radical (unpaired) electrons. The van der Waals surface area contributed by atoms with E-state index in [4.69, 9.17) is 0 Å². The summed E-state index contributed by atoms with van der Waals surface area (Å²) in [5, 5.41) is 9.37. The van der Waals surface area contributed by atoms with Crippen molar-refractivity contribution in [3.8, 4) is 0 Å². The van der Waals surface area contributed by atoms with Crippen LogP contribution in [-0.2, 0) is 9.59 Å². The van der Waals surface area contributed by atoms with Gasteiger partial charge in [-0.2, -0.15) is 0 Å². The molecule has 6 heteroatoms. The largest absolute Gasteiger partial charge is 0.326 e. The van der Waals surface area contributed by atoms with Crippen LogP contribution in [0, 0.1) is 17.3 Å². The predicted molar refractivity (Wildman–Crippen MR) is 103 cm³/mol. The lowest BCUT2D eigenvalue weighted by molar-refractivity contribution is -0.128. The standard InChI is InChI=1S/C19H27N3O2.ClH/c1-13(2)17(23)21-15-7-5-8-16(10-15)22-18(24)19-9-4-3-6-14(19)11-20-12-19;/h5,7-8,10,13-14,20H,3-4,6,9,11-12H2,1-2H3,(H,21,23)(H,22,24);1H/t14-,19+;/m0./s1. The molecule has 1 aliphatic heterocycles. The zero-order chi connectivity index (χ0) is 17.2. The van der Waals surface area contributed by atoms with Gasteiger partial charge in [0.2, 0.25) is 11.8 Å². The molecule has 1 aromatic carbocycles. The van der Waals surface area contributed by atoms with Crippen LogP contribution in [0.15, 0.2) is 24.3 Å². The van der Waals surface area contributed by atoms with E-state index in [0.717, 1.165) is 38.0 Å². The summed E-state index contributed by atoms with van der Waals surface area (Å²) in [6, 6.07) is 7.40. The number of amides is 2. The van der Waals surface area contributed by atoms with Crippen molar-refractivity contribution in [1.82, 2.24) is 5.32 Å². The lowest BCUT2D eigenvalue weighted by Crippen LogP contribution is -2.44. The van der Waals surface area contributed by atoms with Gasteiger partial charge in [0.1, 0.15) is 0 Å². The molecule has 2 atom stereocenters. The first kappa shape index (κ1) is 19.7. The third-order valence-electron chi connectivity index (χ3n) is 5.40. The van der Waals surface area contributed by atoms with E-state index in [1.807, 2.05) is 38.1 Å². The fourth-order valence-electron chi connectivity index (χ4n) is 3.91. The van der Waals surface area contributed by atoms with Gasteiger partial charge in [0.15, 0.2) is 0 Å². The Morgan fingerprint density at radius 3 is 2.64 bits per heavy atom. The van der Waals surface area contributed by atoms with E-state index in [2.05, 4.69) is 16.0 Å². The molecule has 1 aromatic rings. The lowest BCUT2D eigenvalue weighted by Gasteiger charge is -2.37. The number of benzene rings is 1. The fraction of sp³-hybridized carbons (Fsp3) is 0.579. The average molecular weight is 366 g/mol. The number of halogens is 1. The molecule has 0 spiro atoms. The summed E-state index contributed by atoms with van der Waals surface area (Å²) in [5.74, 6) is 0.457. The molecule has 1 saturated carbocycles. The summed E-state index contributed by atoms with van der Waals surface area (Å²) in [7, 11) is 0. The molecule has 2 aliphatic rings. The van der Waals surface area contributed by atoms with Crippen LogP contribution in [-0.4, -0.2) is 24.9 Å². The van der Waals surface area contributed by atoms with Crippen molar-refractivity contribution in [3.63, 3.8) is 0 Å². The number of carbonyl (C=O) groups is 2. The maximum Gasteiger partial charge on any atom is 0.232 e. The second kappa shape index (κ2) is 8.19. The third-order valence-corrected chi connectivity index (χ3v) is 5.40. The minimum absolute atomic E-state index is 0. The number of hydrogen-bond donors (Lipinski definition) is 3. The molecule has 1 aliphatic carbocycles. The van der Waals surface area contributed by atoms with Crippen molar-refractivity contribution in [2.45, 2.75) is 39.5 Å². The molecule has 25 heavy (non-hydrogen) atoms. The Labute approximate surface area is 155 Å². The molecule has 2 fully saturated rings. The molecule has 5 nitrogen and oxygen atoms in total. The topological polar surface area (TPSA) is 70.2 Å². The summed E-state index contributed by atoms with van der Waals surface area (Å²) in [5.41, 5.74) is 1.19. The quantitative estimate of drug-likeness (QED) is 0.765. The second-order valence-electron chi connectivity index (χ2n) is 7.41. The maximum absolute atomic E-state index is 13.0. The second-order valence-corrected chi connectivity index (χ2v) is 7.41. The van der Waals surface area contributed by atoms with Crippen LogP contribution < -0.4 is 16.0 Å². The number of hydrogen-bond acceptors (Lipinski definition) is 3. The zero-order valence-corrected chi connectivity index (χ0v) is 15.7. The molecular weight excluding hydrogens is 338 g/mol. The summed E-state index contributed by atoms with van der Waals surface area (Å²) in [6.07, 6.45) is 4.43. The molecule has 0 bridgehead atoms. The van der Waals surface area contributed by atoms with E-state index in [1.54, 1.807) is 0 Å². The van der Waals surface area contributed by atoms with Crippen LogP contribution >= 0.6 is 12.4 Å². The van der Waals surface area contributed by atoms with E-state index in [1.165, 1.54) is 6.42 Å². The summed E-state index contributed by atoms with van der Waals surface area (Å²) < 4.78 is 0. The Bertz CT molecular complexity index is 635. The van der Waals surface area contributed by atoms with Crippen molar-refractivity contribution in [1.29, 1.82) is 0 Å². The summed E-state index contributed by atoms with van der Waals surface area (Å²) in [4.78, 5) is 24.8. The number of carbonyl (C=O) groups excluding carboxylic acids is 2. The fourth-order valence-corrected chi connectivity index (χ4v) is 3.91. The van der Waals surface area contributed by atoms with E-state index >= 15 is 0 Å². The van der Waals surface area contributed by atoms with Gasteiger partial charge >= 0.3 is 0 Å². The van der Waals surface area contributed by atoms with Gasteiger partial charge in [0.25, 0.3) is 0 Å². The van der Waals surface area contributed by atoms with Gasteiger partial charge in [0, 0.05) is 23.8 Å². The third kappa shape index (κ3) is 4.15. The Morgan fingerprint density at radius 2 is 1.92 bits per heavy atom. The predicted octanol–water partition coefficient (Wildman–Crippen LogP) is 3.42. The Kier molecular flexibility index (Phi) is 6.47. The molecule has 0 aromatic heterocycles. The van der Waals surface area contributed by atoms with Crippen LogP contribution in [0.5, 0.6) is 0 Å². The Balaban J connectivity index is 0.00000225. The molecule has 1 saturated heterocycles. The van der Waals surface area contributed by atoms with Crippen molar-refractivity contribution in [3.05, 3.63) is 24.3 Å². The first-order valence-electron chi connectivity index (χ1n) is 8.94. The molecule has 3 N–H and O–H groups in total. The first-order valence-corrected chi connectivity index (χ1v) is 8.94. The zero-order valence-electron chi connectivity index (χ0n) is 14.9. The van der Waals surface area contributed by atoms with E-state index < -0.39 is 0 Å². The van der Waals surface area contributed by atoms with E-state index in [9.17, 15) is 9.59 Å². The minimum Gasteiger partial charge on any atom is -0.326 e. The van der Waals surface area contributed by atoms with Crippen molar-refractivity contribution in [2.75, 3.05) is 23.7 Å². The smallest absolute Gasteiger partial charge is 0.232 e. The van der Waals surface area contributed by atoms with Gasteiger partial charge in [-0.05, 0) is 43.5 Å². The van der Waals surface area contributed by atoms with Crippen molar-refractivity contribution >= 4 is 35.6 Å². The number of nitrogens with one attached hydrogen (secondary N) is 3. The van der Waals surface area contributed by atoms with Gasteiger partial charge < -0.3 is 16.0 Å². The highest BCUT2D eigenvalue weighted by Gasteiger charge is 2.49. The van der Waals surface area contributed by atoms with Crippen LogP contribution in [0.3, 0.4) is 0 Å². The van der Waals surface area contributed by atoms with Gasteiger partial charge in [-0.25, -0.2) is 0 Å². The molecule has 138 valence electrons. The summed E-state index contributed by atoms with van der Waals surface area (Å²) >= 11 is 0. The van der Waals surface area contributed by atoms with Crippen LogP contribution in [0.2, 0.25) is 0 Å². The van der Waals surface area contributed by atoms with Crippen molar-refractivity contribution < 1.29 is 9.59 Å². The van der Waals surface area contributed by atoms with Gasteiger partial charge in [-0.3, -0.25) is 9.59 Å². The van der Waals surface area contributed by atoms with Crippen molar-refractivity contribution in [2.24, 2.45) is 17.3 Å². The van der Waals surface area contributed by atoms with E-state index in [0.29, 0.717) is 11.6 Å². The maximum atomic E-state index is 13.0. The van der Waals surface area contributed by atoms with Crippen LogP contribution in [0.25, 0.3) is 0 Å². The van der Waals surface area contributed by atoms with E-state index in [-0.39, 0.29) is 35.6 Å². The number of fused-ring (bicyclic) bond motifs is 1. The molecular formula is C19H28ClN3O2. The van der Waals surface area contributed by atoms with Crippen LogP contribution in [0.4, 0.5) is 11.4 Å². The molecule has 2 amide bonds. The number of rotatable bonds is 4. The lowest BCUT2D eigenvalue weighted by atomic mass is 9.67. The van der Waals surface area contributed by atoms with Gasteiger partial charge in [-0.15, -0.1) is 12.4 Å². The highest BCUT2D eigenvalue weighted by Crippen LogP contribution is 2.44. The molecule has 0 unspecified atom stereocenters. The SMILES string of the molecule is CC(C)C(=O)Nc1cccc(NC(=O)[C@@]23CCCC[C@H]2CNC3)c1.Cl. The average Bonchev–Trinajstić information content (AvgIpc) is 3.00.